The molecule has 2 fully saturated rings. The third-order valence-electron chi connectivity index (χ3n) is 3.95. The van der Waals surface area contributed by atoms with Crippen LogP contribution in [0, 0.1) is 5.41 Å². The van der Waals surface area contributed by atoms with Gasteiger partial charge in [-0.25, -0.2) is 4.79 Å². The average molecular weight is 256 g/mol. The van der Waals surface area contributed by atoms with E-state index in [2.05, 4.69) is 10.6 Å². The van der Waals surface area contributed by atoms with E-state index in [0.29, 0.717) is 12.8 Å². The number of carboxylic acid groups (broad SMARTS) is 1. The molecule has 0 aliphatic heterocycles. The first kappa shape index (κ1) is 13.1. The number of aliphatic carboxylic acids is 1. The van der Waals surface area contributed by atoms with Crippen LogP contribution in [0.25, 0.3) is 0 Å². The van der Waals surface area contributed by atoms with Gasteiger partial charge in [-0.15, -0.1) is 0 Å². The number of carbonyl (C=O) groups is 2. The zero-order valence-corrected chi connectivity index (χ0v) is 10.6. The molecule has 2 aliphatic rings. The topological polar surface area (TPSA) is 87.7 Å². The molecule has 2 unspecified atom stereocenters. The minimum absolute atomic E-state index is 0.134. The van der Waals surface area contributed by atoms with Crippen LogP contribution in [0.15, 0.2) is 0 Å². The highest BCUT2D eigenvalue weighted by Crippen LogP contribution is 2.45. The normalized spacial score (nSPS) is 28.7. The van der Waals surface area contributed by atoms with E-state index in [1.54, 1.807) is 7.11 Å². The van der Waals surface area contributed by atoms with E-state index in [1.807, 2.05) is 0 Å². The summed E-state index contributed by atoms with van der Waals surface area (Å²) in [5, 5.41) is 14.5. The van der Waals surface area contributed by atoms with E-state index < -0.39 is 11.4 Å². The fraction of sp³-hybridized carbons (Fsp3) is 0.833. The van der Waals surface area contributed by atoms with Gasteiger partial charge in [0.15, 0.2) is 0 Å². The molecule has 3 N–H and O–H groups in total. The molecule has 18 heavy (non-hydrogen) atoms. The van der Waals surface area contributed by atoms with Crippen LogP contribution in [0.1, 0.15) is 32.1 Å². The summed E-state index contributed by atoms with van der Waals surface area (Å²) < 4.78 is 5.23. The number of carboxylic acids is 1. The first-order valence-electron chi connectivity index (χ1n) is 6.36. The van der Waals surface area contributed by atoms with Crippen LogP contribution < -0.4 is 10.6 Å². The van der Waals surface area contributed by atoms with Gasteiger partial charge in [-0.2, -0.15) is 0 Å². The zero-order valence-electron chi connectivity index (χ0n) is 10.6. The van der Waals surface area contributed by atoms with Crippen molar-refractivity contribution in [1.82, 2.24) is 10.6 Å². The highest BCUT2D eigenvalue weighted by molar-refractivity contribution is 5.80. The van der Waals surface area contributed by atoms with Gasteiger partial charge in [0.25, 0.3) is 0 Å². The second-order valence-electron chi connectivity index (χ2n) is 5.28. The smallest absolute Gasteiger partial charge is 0.315 e. The predicted molar refractivity (Wildman–Crippen MR) is 64.3 cm³/mol. The van der Waals surface area contributed by atoms with Crippen molar-refractivity contribution in [2.75, 3.05) is 13.7 Å². The van der Waals surface area contributed by atoms with Crippen molar-refractivity contribution in [2.24, 2.45) is 5.41 Å². The Morgan fingerprint density at radius 3 is 2.61 bits per heavy atom. The minimum atomic E-state index is -0.817. The van der Waals surface area contributed by atoms with E-state index in [1.165, 1.54) is 0 Å². The number of urea groups is 1. The Hall–Kier alpha value is -1.30. The number of carbonyl (C=O) groups excluding carboxylic acids is 1. The van der Waals surface area contributed by atoms with E-state index in [0.717, 1.165) is 19.3 Å². The molecule has 0 heterocycles. The van der Waals surface area contributed by atoms with E-state index >= 15 is 0 Å². The minimum Gasteiger partial charge on any atom is -0.481 e. The number of ether oxygens (including phenoxy) is 1. The number of nitrogens with one attached hydrogen (secondary N) is 2. The second-order valence-corrected chi connectivity index (χ2v) is 5.28. The third kappa shape index (κ3) is 2.93. The first-order valence-corrected chi connectivity index (χ1v) is 6.36. The fourth-order valence-electron chi connectivity index (χ4n) is 2.39. The van der Waals surface area contributed by atoms with Crippen molar-refractivity contribution in [2.45, 2.75) is 44.2 Å². The quantitative estimate of drug-likeness (QED) is 0.676. The molecule has 102 valence electrons. The number of methoxy groups -OCH3 is 1. The van der Waals surface area contributed by atoms with Crippen molar-refractivity contribution < 1.29 is 19.4 Å². The van der Waals surface area contributed by atoms with Crippen molar-refractivity contribution in [3.63, 3.8) is 0 Å². The summed E-state index contributed by atoms with van der Waals surface area (Å²) >= 11 is 0. The summed E-state index contributed by atoms with van der Waals surface area (Å²) in [5.41, 5.74) is -0.706. The molecular formula is C12H20N2O4. The van der Waals surface area contributed by atoms with E-state index in [4.69, 9.17) is 9.84 Å². The molecule has 0 aromatic carbocycles. The maximum Gasteiger partial charge on any atom is 0.315 e. The summed E-state index contributed by atoms with van der Waals surface area (Å²) in [7, 11) is 1.68. The highest BCUT2D eigenvalue weighted by atomic mass is 16.5. The lowest BCUT2D eigenvalue weighted by Crippen LogP contribution is -2.44. The molecule has 2 amide bonds. The standard InChI is InChI=1S/C12H20N2O4/c1-18-9-3-2-8(6-9)14-11(17)13-7-12(4-5-12)10(15)16/h8-9H,2-7H2,1H3,(H,15,16)(H2,13,14,17). The van der Waals surface area contributed by atoms with Gasteiger partial charge < -0.3 is 20.5 Å². The van der Waals surface area contributed by atoms with E-state index in [-0.39, 0.29) is 24.7 Å². The van der Waals surface area contributed by atoms with E-state index in [9.17, 15) is 9.59 Å². The Morgan fingerprint density at radius 2 is 2.11 bits per heavy atom. The van der Waals surface area contributed by atoms with Crippen LogP contribution >= 0.6 is 0 Å². The molecule has 0 bridgehead atoms. The maximum atomic E-state index is 11.6. The van der Waals surface area contributed by atoms with Crippen LogP contribution in [-0.2, 0) is 9.53 Å². The van der Waals surface area contributed by atoms with Gasteiger partial charge in [-0.1, -0.05) is 0 Å². The molecule has 0 radical (unpaired) electrons. The van der Waals surface area contributed by atoms with Gasteiger partial charge in [-0.05, 0) is 32.1 Å². The van der Waals surface area contributed by atoms with Crippen molar-refractivity contribution in [3.8, 4) is 0 Å². The zero-order chi connectivity index (χ0) is 13.2. The third-order valence-corrected chi connectivity index (χ3v) is 3.95. The van der Waals surface area contributed by atoms with Gasteiger partial charge in [0.2, 0.25) is 0 Å². The Kier molecular flexibility index (Phi) is 3.75. The first-order chi connectivity index (χ1) is 8.55. The second kappa shape index (κ2) is 5.14. The summed E-state index contributed by atoms with van der Waals surface area (Å²) in [4.78, 5) is 22.6. The van der Waals surface area contributed by atoms with Gasteiger partial charge in [0, 0.05) is 19.7 Å². The Morgan fingerprint density at radius 1 is 1.39 bits per heavy atom. The van der Waals surface area contributed by atoms with Gasteiger partial charge >= 0.3 is 12.0 Å². The molecule has 0 aromatic heterocycles. The maximum absolute atomic E-state index is 11.6. The molecule has 6 heteroatoms. The number of hydrogen-bond donors (Lipinski definition) is 3. The lowest BCUT2D eigenvalue weighted by molar-refractivity contribution is -0.143. The summed E-state index contributed by atoms with van der Waals surface area (Å²) in [6.45, 7) is 0.217. The molecule has 2 aliphatic carbocycles. The fourth-order valence-corrected chi connectivity index (χ4v) is 2.39. The Bertz CT molecular complexity index is 341. The SMILES string of the molecule is COC1CCC(NC(=O)NCC2(C(=O)O)CC2)C1. The molecule has 2 rings (SSSR count). The van der Waals surface area contributed by atoms with Crippen molar-refractivity contribution in [1.29, 1.82) is 0 Å². The van der Waals surface area contributed by atoms with Crippen molar-refractivity contribution in [3.05, 3.63) is 0 Å². The lowest BCUT2D eigenvalue weighted by Gasteiger charge is -2.15. The lowest BCUT2D eigenvalue weighted by atomic mass is 10.1. The highest BCUT2D eigenvalue weighted by Gasteiger charge is 2.50. The number of rotatable bonds is 5. The van der Waals surface area contributed by atoms with Crippen LogP contribution in [0.4, 0.5) is 4.79 Å². The summed E-state index contributed by atoms with van der Waals surface area (Å²) in [6, 6.07) is -0.140. The average Bonchev–Trinajstić information content (AvgIpc) is 3.01. The Labute approximate surface area is 106 Å². The largest absolute Gasteiger partial charge is 0.481 e. The summed E-state index contributed by atoms with van der Waals surface area (Å²) in [6.07, 6.45) is 4.23. The monoisotopic (exact) mass is 256 g/mol. The molecule has 2 atom stereocenters. The number of hydrogen-bond acceptors (Lipinski definition) is 3. The number of amides is 2. The molecule has 6 nitrogen and oxygen atoms in total. The molecule has 0 spiro atoms. The molecule has 2 saturated carbocycles. The predicted octanol–water partition coefficient (Wildman–Crippen LogP) is 0.718. The van der Waals surface area contributed by atoms with Gasteiger partial charge in [0.1, 0.15) is 0 Å². The molecular weight excluding hydrogens is 236 g/mol. The van der Waals surface area contributed by atoms with Gasteiger partial charge in [-0.3, -0.25) is 4.79 Å². The molecule has 0 saturated heterocycles. The van der Waals surface area contributed by atoms with Crippen molar-refractivity contribution >= 4 is 12.0 Å². The van der Waals surface area contributed by atoms with Crippen LogP contribution in [0.3, 0.4) is 0 Å². The van der Waals surface area contributed by atoms with Crippen LogP contribution in [0.5, 0.6) is 0 Å². The van der Waals surface area contributed by atoms with Gasteiger partial charge in [0.05, 0.1) is 11.5 Å². The van der Waals surface area contributed by atoms with Crippen LogP contribution in [-0.4, -0.2) is 42.9 Å². The Balaban J connectivity index is 1.68. The van der Waals surface area contributed by atoms with Crippen LogP contribution in [0.2, 0.25) is 0 Å². The summed E-state index contributed by atoms with van der Waals surface area (Å²) in [5.74, 6) is -0.817. The molecule has 0 aromatic rings.